The zero-order chi connectivity index (χ0) is 27.9. The third-order valence-electron chi connectivity index (χ3n) is 6.95. The Hall–Kier alpha value is -2.82. The van der Waals surface area contributed by atoms with Gasteiger partial charge in [0.25, 0.3) is 5.91 Å². The van der Waals surface area contributed by atoms with Crippen molar-refractivity contribution >= 4 is 45.2 Å². The molecule has 1 aliphatic rings. The van der Waals surface area contributed by atoms with Crippen LogP contribution in [0.5, 0.6) is 0 Å². The van der Waals surface area contributed by atoms with Gasteiger partial charge in [0.2, 0.25) is 10.0 Å². The summed E-state index contributed by atoms with van der Waals surface area (Å²) in [5, 5.41) is 3.23. The van der Waals surface area contributed by atoms with Crippen molar-refractivity contribution < 1.29 is 26.9 Å². The van der Waals surface area contributed by atoms with Crippen LogP contribution >= 0.6 is 0 Å². The van der Waals surface area contributed by atoms with Gasteiger partial charge in [-0.3, -0.25) is 9.10 Å². The maximum atomic E-state index is 13.0. The molecule has 1 N–H and O–H groups in total. The number of rotatable bonds is 5. The summed E-state index contributed by atoms with van der Waals surface area (Å²) in [4.78, 5) is 13.0. The van der Waals surface area contributed by atoms with E-state index in [1.165, 1.54) is 11.4 Å². The fourth-order valence-electron chi connectivity index (χ4n) is 4.02. The van der Waals surface area contributed by atoms with Crippen molar-refractivity contribution in [1.29, 1.82) is 0 Å². The Morgan fingerprint density at radius 2 is 1.54 bits per heavy atom. The average molecular weight is 528 g/mol. The molecule has 0 radical (unpaired) electrons. The molecule has 4 rings (SSSR count). The van der Waals surface area contributed by atoms with Crippen molar-refractivity contribution in [2.24, 2.45) is 0 Å². The average Bonchev–Trinajstić information content (AvgIpc) is 3.31. The second-order valence-corrected chi connectivity index (χ2v) is 12.0. The number of furan rings is 1. The van der Waals surface area contributed by atoms with Gasteiger partial charge in [-0.1, -0.05) is 43.7 Å². The molecule has 1 aliphatic heterocycles. The van der Waals surface area contributed by atoms with Gasteiger partial charge in [-0.25, -0.2) is 8.42 Å². The maximum absolute atomic E-state index is 13.0. The lowest BCUT2D eigenvalue weighted by Gasteiger charge is -2.32. The molecule has 37 heavy (non-hydrogen) atoms. The lowest BCUT2D eigenvalue weighted by atomic mass is 9.77. The van der Waals surface area contributed by atoms with Crippen LogP contribution in [0.3, 0.4) is 0 Å². The van der Waals surface area contributed by atoms with Crippen molar-refractivity contribution in [3.63, 3.8) is 0 Å². The summed E-state index contributed by atoms with van der Waals surface area (Å²) in [6.07, 6.45) is 1.13. The van der Waals surface area contributed by atoms with Crippen molar-refractivity contribution in [2.75, 3.05) is 24.7 Å². The van der Waals surface area contributed by atoms with E-state index in [0.717, 1.165) is 17.4 Å². The molecule has 8 nitrogen and oxygen atoms in total. The molecule has 1 fully saturated rings. The first kappa shape index (κ1) is 28.8. The van der Waals surface area contributed by atoms with E-state index in [4.69, 9.17) is 13.7 Å². The smallest absolute Gasteiger partial charge is 0.455 e. The Bertz CT molecular complexity index is 1390. The predicted molar refractivity (Wildman–Crippen MR) is 150 cm³/mol. The van der Waals surface area contributed by atoms with Gasteiger partial charge in [0, 0.05) is 36.6 Å². The Morgan fingerprint density at radius 1 is 1.00 bits per heavy atom. The highest BCUT2D eigenvalue weighted by Crippen LogP contribution is 2.40. The minimum absolute atomic E-state index is 0.316. The number of nitrogens with one attached hydrogen (secondary N) is 1. The lowest BCUT2D eigenvalue weighted by molar-refractivity contribution is 0.00578. The van der Waals surface area contributed by atoms with E-state index in [2.05, 4.69) is 5.32 Å². The van der Waals surface area contributed by atoms with Gasteiger partial charge in [0.1, 0.15) is 11.3 Å². The van der Waals surface area contributed by atoms with Gasteiger partial charge in [-0.05, 0) is 40.7 Å². The number of benzene rings is 2. The fraction of sp³-hybridized carbons (Fsp3) is 0.444. The molecule has 3 aromatic rings. The number of anilines is 1. The number of hydrogen-bond donors (Lipinski definition) is 1. The SMILES string of the molecule is CC.CNC(=O)c1c(-c2ccc(C)cc2)oc2cc(N(C)S(C)(=O)=O)c(B3OC(C)(C)C(C)(C)O3)cc12. The quantitative estimate of drug-likeness (QED) is 0.490. The number of nitrogens with zero attached hydrogens (tertiary/aromatic N) is 1. The summed E-state index contributed by atoms with van der Waals surface area (Å²) < 4.78 is 44.9. The van der Waals surface area contributed by atoms with Gasteiger partial charge in [-0.2, -0.15) is 0 Å². The van der Waals surface area contributed by atoms with Crippen LogP contribution in [-0.4, -0.2) is 53.0 Å². The van der Waals surface area contributed by atoms with Crippen LogP contribution in [0, 0.1) is 6.92 Å². The summed E-state index contributed by atoms with van der Waals surface area (Å²) in [5.74, 6) is 0.0850. The molecule has 2 heterocycles. The second kappa shape index (κ2) is 10.2. The first-order valence-corrected chi connectivity index (χ1v) is 14.2. The van der Waals surface area contributed by atoms with Gasteiger partial charge in [0.05, 0.1) is 28.7 Å². The van der Waals surface area contributed by atoms with Gasteiger partial charge < -0.3 is 19.0 Å². The van der Waals surface area contributed by atoms with Crippen molar-refractivity contribution in [2.45, 2.75) is 59.7 Å². The standard InChI is InChI=1S/C25H31BN2O6S.C2H6/c1-15-9-11-16(12-10-15)22-21(23(29)27-6)17-13-18(26-33-24(2,3)25(4,5)34-26)19(14-20(17)32-22)28(7)35(8,30)31;1-2/h9-14H,1-8H3,(H,27,29);1-2H3. The van der Waals surface area contributed by atoms with Crippen molar-refractivity contribution in [3.8, 4) is 11.3 Å². The highest BCUT2D eigenvalue weighted by atomic mass is 32.2. The Labute approximate surface area is 220 Å². The summed E-state index contributed by atoms with van der Waals surface area (Å²) in [6.45, 7) is 13.7. The Kier molecular flexibility index (Phi) is 7.89. The third-order valence-corrected chi connectivity index (χ3v) is 8.14. The lowest BCUT2D eigenvalue weighted by Crippen LogP contribution is -2.41. The number of aryl methyl sites for hydroxylation is 1. The number of hydrogen-bond acceptors (Lipinski definition) is 6. The minimum Gasteiger partial charge on any atom is -0.455 e. The molecule has 0 atom stereocenters. The fourth-order valence-corrected chi connectivity index (χ4v) is 4.53. The third kappa shape index (κ3) is 5.28. The van der Waals surface area contributed by atoms with E-state index in [-0.39, 0.29) is 5.91 Å². The molecular weight excluding hydrogens is 491 g/mol. The molecule has 1 amide bonds. The predicted octanol–water partition coefficient (Wildman–Crippen LogP) is 4.49. The summed E-state index contributed by atoms with van der Waals surface area (Å²) in [7, 11) is -1.44. The molecule has 1 saturated heterocycles. The molecule has 0 aliphatic carbocycles. The van der Waals surface area contributed by atoms with E-state index in [1.54, 1.807) is 19.2 Å². The Morgan fingerprint density at radius 3 is 2.03 bits per heavy atom. The minimum atomic E-state index is -3.61. The molecule has 10 heteroatoms. The molecule has 1 aromatic heterocycles. The van der Waals surface area contributed by atoms with Crippen LogP contribution in [0.25, 0.3) is 22.3 Å². The molecule has 0 bridgehead atoms. The molecular formula is C27H37BN2O6S. The zero-order valence-electron chi connectivity index (χ0n) is 23.3. The van der Waals surface area contributed by atoms with E-state index in [0.29, 0.717) is 33.4 Å². The largest absolute Gasteiger partial charge is 0.497 e. The van der Waals surface area contributed by atoms with Crippen molar-refractivity contribution in [3.05, 3.63) is 47.5 Å². The first-order valence-electron chi connectivity index (χ1n) is 12.4. The summed E-state index contributed by atoms with van der Waals surface area (Å²) in [6, 6.07) is 11.0. The molecule has 2 aromatic carbocycles. The monoisotopic (exact) mass is 528 g/mol. The number of carbonyl (C=O) groups excluding carboxylic acids is 1. The normalized spacial score (nSPS) is 16.3. The number of amides is 1. The summed E-state index contributed by atoms with van der Waals surface area (Å²) >= 11 is 0. The Balaban J connectivity index is 0.00000186. The molecule has 0 unspecified atom stereocenters. The summed E-state index contributed by atoms with van der Waals surface area (Å²) in [5.41, 5.74) is 2.12. The zero-order valence-corrected chi connectivity index (χ0v) is 24.2. The number of sulfonamides is 1. The van der Waals surface area contributed by atoms with Crippen LogP contribution in [0.4, 0.5) is 5.69 Å². The van der Waals surface area contributed by atoms with E-state index < -0.39 is 28.3 Å². The highest BCUT2D eigenvalue weighted by molar-refractivity contribution is 7.92. The van der Waals surface area contributed by atoms with Crippen LogP contribution in [0.15, 0.2) is 40.8 Å². The van der Waals surface area contributed by atoms with Gasteiger partial charge in [-0.15, -0.1) is 0 Å². The van der Waals surface area contributed by atoms with E-state index >= 15 is 0 Å². The molecule has 200 valence electrons. The van der Waals surface area contributed by atoms with Gasteiger partial charge >= 0.3 is 7.12 Å². The van der Waals surface area contributed by atoms with Crippen LogP contribution in [0.1, 0.15) is 57.5 Å². The maximum Gasteiger partial charge on any atom is 0.497 e. The highest BCUT2D eigenvalue weighted by Gasteiger charge is 2.52. The van der Waals surface area contributed by atoms with E-state index in [9.17, 15) is 13.2 Å². The van der Waals surface area contributed by atoms with Crippen LogP contribution in [-0.2, 0) is 19.3 Å². The molecule has 0 saturated carbocycles. The second-order valence-electron chi connectivity index (χ2n) is 9.98. The topological polar surface area (TPSA) is 98.1 Å². The van der Waals surface area contributed by atoms with Crippen molar-refractivity contribution in [1.82, 2.24) is 5.32 Å². The van der Waals surface area contributed by atoms with Crippen LogP contribution in [0.2, 0.25) is 0 Å². The number of carbonyl (C=O) groups is 1. The van der Waals surface area contributed by atoms with E-state index in [1.807, 2.05) is 72.7 Å². The van der Waals surface area contributed by atoms with Gasteiger partial charge in [0.15, 0.2) is 0 Å². The van der Waals surface area contributed by atoms with Crippen LogP contribution < -0.4 is 15.1 Å². The molecule has 0 spiro atoms. The first-order chi connectivity index (χ1) is 17.2. The number of fused-ring (bicyclic) bond motifs is 1.